The van der Waals surface area contributed by atoms with Crippen LogP contribution in [0.15, 0.2) is 0 Å². The summed E-state index contributed by atoms with van der Waals surface area (Å²) in [6.07, 6.45) is 7.29. The van der Waals surface area contributed by atoms with Gasteiger partial charge in [-0.15, -0.1) is 0 Å². The summed E-state index contributed by atoms with van der Waals surface area (Å²) in [5.41, 5.74) is 0.347. The van der Waals surface area contributed by atoms with E-state index in [1.807, 2.05) is 0 Å². The summed E-state index contributed by atoms with van der Waals surface area (Å²) in [5, 5.41) is 3.80. The van der Waals surface area contributed by atoms with E-state index < -0.39 is 0 Å². The van der Waals surface area contributed by atoms with Crippen molar-refractivity contribution in [1.82, 2.24) is 10.2 Å². The van der Waals surface area contributed by atoms with Crippen molar-refractivity contribution in [3.63, 3.8) is 0 Å². The number of hydrogen-bond donors (Lipinski definition) is 1. The van der Waals surface area contributed by atoms with E-state index in [2.05, 4.69) is 31.0 Å². The molecule has 16 heavy (non-hydrogen) atoms. The fourth-order valence-electron chi connectivity index (χ4n) is 3.45. The Morgan fingerprint density at radius 3 is 2.50 bits per heavy atom. The Balaban J connectivity index is 1.93. The van der Waals surface area contributed by atoms with Gasteiger partial charge in [0.1, 0.15) is 0 Å². The summed E-state index contributed by atoms with van der Waals surface area (Å²) >= 11 is 0. The molecule has 2 aliphatic rings. The van der Waals surface area contributed by atoms with Crippen LogP contribution in [0.4, 0.5) is 0 Å². The predicted molar refractivity (Wildman–Crippen MR) is 69.7 cm³/mol. The predicted octanol–water partition coefficient (Wildman–Crippen LogP) is 2.64. The minimum atomic E-state index is 0.347. The van der Waals surface area contributed by atoms with Crippen molar-refractivity contribution in [1.29, 1.82) is 0 Å². The van der Waals surface area contributed by atoms with E-state index in [1.165, 1.54) is 45.2 Å². The maximum atomic E-state index is 3.80. The molecule has 1 unspecified atom stereocenters. The second-order valence-electron chi connectivity index (χ2n) is 6.24. The molecular formula is C14H28N2. The van der Waals surface area contributed by atoms with Crippen molar-refractivity contribution in [3.8, 4) is 0 Å². The van der Waals surface area contributed by atoms with Crippen molar-refractivity contribution >= 4 is 0 Å². The number of likely N-dealkylation sites (N-methyl/N-ethyl adjacent to an activating group) is 1. The summed E-state index contributed by atoms with van der Waals surface area (Å²) in [7, 11) is 0. The molecule has 1 heterocycles. The normalized spacial score (nSPS) is 32.8. The average molecular weight is 224 g/mol. The number of nitrogens with one attached hydrogen (secondary N) is 1. The largest absolute Gasteiger partial charge is 0.311 e. The van der Waals surface area contributed by atoms with Gasteiger partial charge in [-0.1, -0.05) is 26.2 Å². The summed E-state index contributed by atoms with van der Waals surface area (Å²) < 4.78 is 0. The Labute approximate surface area is 101 Å². The highest BCUT2D eigenvalue weighted by Crippen LogP contribution is 2.30. The average Bonchev–Trinajstić information content (AvgIpc) is 2.30. The van der Waals surface area contributed by atoms with Crippen molar-refractivity contribution in [2.45, 2.75) is 64.5 Å². The van der Waals surface area contributed by atoms with Gasteiger partial charge in [0.15, 0.2) is 0 Å². The molecule has 0 bridgehead atoms. The van der Waals surface area contributed by atoms with Gasteiger partial charge in [0.05, 0.1) is 0 Å². The van der Waals surface area contributed by atoms with Crippen LogP contribution in [0.1, 0.15) is 52.9 Å². The molecule has 2 fully saturated rings. The fraction of sp³-hybridized carbons (Fsp3) is 1.00. The number of hydrogen-bond acceptors (Lipinski definition) is 2. The zero-order chi connectivity index (χ0) is 11.6. The molecule has 2 rings (SSSR count). The standard InChI is InChI=1S/C14H28N2/c1-4-16-10-13(15-11-14(16,2)3)12-8-6-5-7-9-12/h12-13,15H,4-11H2,1-3H3. The Morgan fingerprint density at radius 2 is 1.88 bits per heavy atom. The Bertz CT molecular complexity index is 219. The van der Waals surface area contributed by atoms with Gasteiger partial charge in [0.25, 0.3) is 0 Å². The van der Waals surface area contributed by atoms with E-state index in [9.17, 15) is 0 Å². The first kappa shape index (κ1) is 12.4. The van der Waals surface area contributed by atoms with Gasteiger partial charge in [-0.25, -0.2) is 0 Å². The topological polar surface area (TPSA) is 15.3 Å². The minimum absolute atomic E-state index is 0.347. The van der Waals surface area contributed by atoms with Gasteiger partial charge in [0.2, 0.25) is 0 Å². The highest BCUT2D eigenvalue weighted by molar-refractivity contribution is 4.95. The third kappa shape index (κ3) is 2.60. The zero-order valence-electron chi connectivity index (χ0n) is 11.3. The van der Waals surface area contributed by atoms with Crippen LogP contribution in [0.25, 0.3) is 0 Å². The lowest BCUT2D eigenvalue weighted by atomic mass is 9.81. The van der Waals surface area contributed by atoms with Crippen LogP contribution in [-0.4, -0.2) is 36.1 Å². The molecule has 1 aliphatic heterocycles. The van der Waals surface area contributed by atoms with Crippen LogP contribution in [0.5, 0.6) is 0 Å². The van der Waals surface area contributed by atoms with Crippen molar-refractivity contribution in [3.05, 3.63) is 0 Å². The maximum absolute atomic E-state index is 3.80. The second-order valence-corrected chi connectivity index (χ2v) is 6.24. The second kappa shape index (κ2) is 5.05. The van der Waals surface area contributed by atoms with E-state index in [0.29, 0.717) is 5.54 Å². The van der Waals surface area contributed by atoms with E-state index in [-0.39, 0.29) is 0 Å². The number of nitrogens with zero attached hydrogens (tertiary/aromatic N) is 1. The molecule has 0 aromatic heterocycles. The van der Waals surface area contributed by atoms with E-state index in [4.69, 9.17) is 0 Å². The molecule has 0 spiro atoms. The third-order valence-corrected chi connectivity index (χ3v) is 4.67. The fourth-order valence-corrected chi connectivity index (χ4v) is 3.45. The zero-order valence-corrected chi connectivity index (χ0v) is 11.3. The summed E-state index contributed by atoms with van der Waals surface area (Å²) in [5.74, 6) is 0.943. The van der Waals surface area contributed by atoms with Crippen LogP contribution >= 0.6 is 0 Å². The van der Waals surface area contributed by atoms with Crippen LogP contribution in [0.3, 0.4) is 0 Å². The number of rotatable bonds is 2. The SMILES string of the molecule is CCN1CC(C2CCCCC2)NCC1(C)C. The van der Waals surface area contributed by atoms with Crippen molar-refractivity contribution in [2.75, 3.05) is 19.6 Å². The van der Waals surface area contributed by atoms with Gasteiger partial charge in [-0.05, 0) is 39.2 Å². The highest BCUT2D eigenvalue weighted by Gasteiger charge is 2.36. The molecule has 1 saturated carbocycles. The first-order chi connectivity index (χ1) is 7.63. The van der Waals surface area contributed by atoms with Crippen LogP contribution in [-0.2, 0) is 0 Å². The Kier molecular flexibility index (Phi) is 3.91. The van der Waals surface area contributed by atoms with E-state index in [0.717, 1.165) is 18.5 Å². The summed E-state index contributed by atoms with van der Waals surface area (Å²) in [4.78, 5) is 2.66. The quantitative estimate of drug-likeness (QED) is 0.776. The van der Waals surface area contributed by atoms with Gasteiger partial charge >= 0.3 is 0 Å². The monoisotopic (exact) mass is 224 g/mol. The maximum Gasteiger partial charge on any atom is 0.0278 e. The molecule has 1 N–H and O–H groups in total. The lowest BCUT2D eigenvalue weighted by molar-refractivity contribution is 0.0488. The van der Waals surface area contributed by atoms with Crippen LogP contribution in [0.2, 0.25) is 0 Å². The molecule has 0 amide bonds. The molecule has 2 nitrogen and oxygen atoms in total. The third-order valence-electron chi connectivity index (χ3n) is 4.67. The first-order valence-corrected chi connectivity index (χ1v) is 7.12. The molecule has 1 atom stereocenters. The van der Waals surface area contributed by atoms with Crippen LogP contribution in [0, 0.1) is 5.92 Å². The van der Waals surface area contributed by atoms with Gasteiger partial charge < -0.3 is 5.32 Å². The lowest BCUT2D eigenvalue weighted by Gasteiger charge is -2.48. The highest BCUT2D eigenvalue weighted by atomic mass is 15.3. The van der Waals surface area contributed by atoms with Crippen molar-refractivity contribution in [2.24, 2.45) is 5.92 Å². The van der Waals surface area contributed by atoms with Gasteiger partial charge in [-0.2, -0.15) is 0 Å². The number of piperazine rings is 1. The molecular weight excluding hydrogens is 196 g/mol. The molecule has 1 aliphatic carbocycles. The molecule has 0 aromatic rings. The first-order valence-electron chi connectivity index (χ1n) is 7.12. The van der Waals surface area contributed by atoms with E-state index >= 15 is 0 Å². The summed E-state index contributed by atoms with van der Waals surface area (Å²) in [6, 6.07) is 0.758. The smallest absolute Gasteiger partial charge is 0.0278 e. The van der Waals surface area contributed by atoms with Gasteiger partial charge in [0, 0.05) is 24.7 Å². The minimum Gasteiger partial charge on any atom is -0.311 e. The Morgan fingerprint density at radius 1 is 1.19 bits per heavy atom. The molecule has 94 valence electrons. The molecule has 1 saturated heterocycles. The molecule has 0 radical (unpaired) electrons. The molecule has 2 heteroatoms. The van der Waals surface area contributed by atoms with Crippen LogP contribution < -0.4 is 5.32 Å². The van der Waals surface area contributed by atoms with Crippen molar-refractivity contribution < 1.29 is 0 Å². The van der Waals surface area contributed by atoms with E-state index in [1.54, 1.807) is 0 Å². The Hall–Kier alpha value is -0.0800. The van der Waals surface area contributed by atoms with Gasteiger partial charge in [-0.3, -0.25) is 4.90 Å². The lowest BCUT2D eigenvalue weighted by Crippen LogP contribution is -2.63. The molecule has 0 aromatic carbocycles. The summed E-state index contributed by atoms with van der Waals surface area (Å²) in [6.45, 7) is 10.6.